The molecule has 0 radical (unpaired) electrons. The van der Waals surface area contributed by atoms with Crippen LogP contribution in [0.1, 0.15) is 24.4 Å². The van der Waals surface area contributed by atoms with Gasteiger partial charge in [-0.1, -0.05) is 12.1 Å². The summed E-state index contributed by atoms with van der Waals surface area (Å²) in [5.74, 6) is 0.985. The van der Waals surface area contributed by atoms with E-state index in [9.17, 15) is 8.78 Å². The zero-order valence-electron chi connectivity index (χ0n) is 11.3. The minimum absolute atomic E-state index is 0.0623. The fourth-order valence-electron chi connectivity index (χ4n) is 1.77. The van der Waals surface area contributed by atoms with Gasteiger partial charge in [0, 0.05) is 13.1 Å². The molecule has 5 nitrogen and oxygen atoms in total. The van der Waals surface area contributed by atoms with Crippen LogP contribution in [0.4, 0.5) is 8.78 Å². The van der Waals surface area contributed by atoms with Crippen LogP contribution in [0, 0.1) is 0 Å². The van der Waals surface area contributed by atoms with Gasteiger partial charge in [-0.05, 0) is 24.6 Å². The van der Waals surface area contributed by atoms with E-state index < -0.39 is 6.61 Å². The molecule has 2 aromatic rings. The van der Waals surface area contributed by atoms with E-state index in [0.717, 1.165) is 11.4 Å². The van der Waals surface area contributed by atoms with Gasteiger partial charge >= 0.3 is 6.61 Å². The molecule has 0 amide bonds. The molecule has 20 heavy (non-hydrogen) atoms. The monoisotopic (exact) mass is 282 g/mol. The van der Waals surface area contributed by atoms with Gasteiger partial charge in [0.05, 0.1) is 6.54 Å². The van der Waals surface area contributed by atoms with Gasteiger partial charge in [-0.2, -0.15) is 8.78 Å². The van der Waals surface area contributed by atoms with Gasteiger partial charge in [-0.25, -0.2) is 0 Å². The quantitative estimate of drug-likeness (QED) is 0.883. The zero-order valence-corrected chi connectivity index (χ0v) is 11.3. The summed E-state index contributed by atoms with van der Waals surface area (Å²) < 4.78 is 30.2. The highest BCUT2D eigenvalue weighted by Gasteiger charge is 2.09. The van der Waals surface area contributed by atoms with E-state index in [2.05, 4.69) is 20.3 Å². The largest absolute Gasteiger partial charge is 0.435 e. The number of nitrogens with one attached hydrogen (secondary N) is 1. The van der Waals surface area contributed by atoms with Gasteiger partial charge < -0.3 is 14.6 Å². The van der Waals surface area contributed by atoms with Crippen LogP contribution in [0.25, 0.3) is 0 Å². The van der Waals surface area contributed by atoms with E-state index in [-0.39, 0.29) is 11.8 Å². The molecule has 2 rings (SSSR count). The lowest BCUT2D eigenvalue weighted by Gasteiger charge is -2.14. The Bertz CT molecular complexity index is 542. The Labute approximate surface area is 115 Å². The lowest BCUT2D eigenvalue weighted by Crippen LogP contribution is -2.20. The number of alkyl halides is 2. The van der Waals surface area contributed by atoms with Crippen LogP contribution < -0.4 is 10.1 Å². The zero-order chi connectivity index (χ0) is 14.5. The number of ether oxygens (including phenoxy) is 1. The highest BCUT2D eigenvalue weighted by Crippen LogP contribution is 2.19. The molecule has 0 aliphatic carbocycles. The maximum Gasteiger partial charge on any atom is 0.387 e. The van der Waals surface area contributed by atoms with Crippen molar-refractivity contribution in [3.8, 4) is 5.75 Å². The average Bonchev–Trinajstić information content (AvgIpc) is 2.82. The van der Waals surface area contributed by atoms with Crippen LogP contribution in [0.5, 0.6) is 5.75 Å². The molecule has 1 aromatic heterocycles. The van der Waals surface area contributed by atoms with Crippen LogP contribution in [0.2, 0.25) is 0 Å². The summed E-state index contributed by atoms with van der Waals surface area (Å²) in [5.41, 5.74) is 0.980. The number of hydrogen-bond donors (Lipinski definition) is 1. The van der Waals surface area contributed by atoms with Crippen molar-refractivity contribution in [1.29, 1.82) is 0 Å². The van der Waals surface area contributed by atoms with Gasteiger partial charge in [0.1, 0.15) is 17.9 Å². The second kappa shape index (κ2) is 6.42. The molecule has 0 saturated heterocycles. The lowest BCUT2D eigenvalue weighted by molar-refractivity contribution is -0.0498. The summed E-state index contributed by atoms with van der Waals surface area (Å²) in [5, 5.41) is 11.1. The van der Waals surface area contributed by atoms with Crippen LogP contribution in [-0.4, -0.2) is 21.4 Å². The maximum absolute atomic E-state index is 12.0. The van der Waals surface area contributed by atoms with Crippen molar-refractivity contribution in [2.45, 2.75) is 26.1 Å². The Kier molecular flexibility index (Phi) is 4.62. The van der Waals surface area contributed by atoms with Gasteiger partial charge in [-0.15, -0.1) is 10.2 Å². The number of rotatable bonds is 6. The third-order valence-electron chi connectivity index (χ3n) is 2.98. The smallest absolute Gasteiger partial charge is 0.387 e. The first-order valence-corrected chi connectivity index (χ1v) is 6.17. The first-order valence-electron chi connectivity index (χ1n) is 6.17. The highest BCUT2D eigenvalue weighted by molar-refractivity contribution is 5.28. The molecule has 0 saturated carbocycles. The molecular formula is C13H16F2N4O. The Balaban J connectivity index is 1.92. The molecule has 7 heteroatoms. The van der Waals surface area contributed by atoms with Crippen molar-refractivity contribution in [1.82, 2.24) is 20.1 Å². The van der Waals surface area contributed by atoms with Crippen molar-refractivity contribution in [3.63, 3.8) is 0 Å². The predicted octanol–water partition coefficient (Wildman–Crippen LogP) is 2.27. The summed E-state index contributed by atoms with van der Waals surface area (Å²) in [4.78, 5) is 0. The number of aromatic nitrogens is 3. The van der Waals surface area contributed by atoms with Crippen molar-refractivity contribution in [3.05, 3.63) is 42.0 Å². The van der Waals surface area contributed by atoms with E-state index >= 15 is 0 Å². The molecule has 1 N–H and O–H groups in total. The average molecular weight is 282 g/mol. The fourth-order valence-corrected chi connectivity index (χ4v) is 1.77. The third kappa shape index (κ3) is 3.74. The Morgan fingerprint density at radius 1 is 1.30 bits per heavy atom. The standard InChI is InChI=1S/C13H16F2N4O/c1-9(16-7-12-18-17-8-19(12)2)10-3-5-11(6-4-10)20-13(14)15/h3-6,8-9,13,16H,7H2,1-2H3. The Morgan fingerprint density at radius 2 is 2.00 bits per heavy atom. The lowest BCUT2D eigenvalue weighted by atomic mass is 10.1. The molecule has 0 aliphatic heterocycles. The maximum atomic E-state index is 12.0. The number of benzene rings is 1. The normalized spacial score (nSPS) is 12.7. The predicted molar refractivity (Wildman–Crippen MR) is 69.3 cm³/mol. The van der Waals surface area contributed by atoms with Crippen LogP contribution in [-0.2, 0) is 13.6 Å². The minimum Gasteiger partial charge on any atom is -0.435 e. The molecule has 1 unspecified atom stereocenters. The van der Waals surface area contributed by atoms with E-state index in [1.54, 1.807) is 18.5 Å². The number of halogens is 2. The molecule has 1 atom stereocenters. The molecule has 0 bridgehead atoms. The van der Waals surface area contributed by atoms with Crippen LogP contribution in [0.15, 0.2) is 30.6 Å². The molecule has 1 heterocycles. The van der Waals surface area contributed by atoms with E-state index in [4.69, 9.17) is 0 Å². The first-order chi connectivity index (χ1) is 9.56. The van der Waals surface area contributed by atoms with Crippen molar-refractivity contribution < 1.29 is 13.5 Å². The fraction of sp³-hybridized carbons (Fsp3) is 0.385. The summed E-state index contributed by atoms with van der Waals surface area (Å²) >= 11 is 0. The van der Waals surface area contributed by atoms with Gasteiger partial charge in [0.25, 0.3) is 0 Å². The second-order valence-electron chi connectivity index (χ2n) is 4.41. The summed E-state index contributed by atoms with van der Waals surface area (Å²) in [6.07, 6.45) is 1.64. The van der Waals surface area contributed by atoms with Crippen LogP contribution >= 0.6 is 0 Å². The molecule has 0 aliphatic rings. The van der Waals surface area contributed by atoms with Gasteiger partial charge in [-0.3, -0.25) is 0 Å². The highest BCUT2D eigenvalue weighted by atomic mass is 19.3. The van der Waals surface area contributed by atoms with E-state index in [0.29, 0.717) is 6.54 Å². The molecule has 108 valence electrons. The van der Waals surface area contributed by atoms with E-state index in [1.807, 2.05) is 18.5 Å². The molecule has 1 aromatic carbocycles. The number of nitrogens with zero attached hydrogens (tertiary/aromatic N) is 3. The summed E-state index contributed by atoms with van der Waals surface area (Å²) in [7, 11) is 1.87. The van der Waals surface area contributed by atoms with Crippen molar-refractivity contribution >= 4 is 0 Å². The summed E-state index contributed by atoms with van der Waals surface area (Å²) in [6.45, 7) is -0.237. The van der Waals surface area contributed by atoms with Gasteiger partial charge in [0.15, 0.2) is 0 Å². The van der Waals surface area contributed by atoms with Gasteiger partial charge in [0.2, 0.25) is 0 Å². The Hall–Kier alpha value is -2.02. The van der Waals surface area contributed by atoms with Crippen LogP contribution in [0.3, 0.4) is 0 Å². The molecular weight excluding hydrogens is 266 g/mol. The van der Waals surface area contributed by atoms with E-state index in [1.165, 1.54) is 12.1 Å². The molecule has 0 spiro atoms. The second-order valence-corrected chi connectivity index (χ2v) is 4.41. The third-order valence-corrected chi connectivity index (χ3v) is 2.98. The topological polar surface area (TPSA) is 52.0 Å². The minimum atomic E-state index is -2.80. The molecule has 0 fully saturated rings. The number of hydrogen-bond acceptors (Lipinski definition) is 4. The van der Waals surface area contributed by atoms with Crippen molar-refractivity contribution in [2.24, 2.45) is 7.05 Å². The Morgan fingerprint density at radius 3 is 2.55 bits per heavy atom. The SMILES string of the molecule is CC(NCc1nncn1C)c1ccc(OC(F)F)cc1. The van der Waals surface area contributed by atoms with Crippen molar-refractivity contribution in [2.75, 3.05) is 0 Å². The first kappa shape index (κ1) is 14.4. The number of aryl methyl sites for hydroxylation is 1. The summed E-state index contributed by atoms with van der Waals surface area (Å²) in [6, 6.07) is 6.63.